The van der Waals surface area contributed by atoms with Crippen LogP contribution in [0.25, 0.3) is 10.8 Å². The zero-order valence-corrected chi connectivity index (χ0v) is 14.0. The predicted octanol–water partition coefficient (Wildman–Crippen LogP) is 6.05. The first kappa shape index (κ1) is 15.5. The van der Waals surface area contributed by atoms with E-state index in [0.717, 1.165) is 5.75 Å². The van der Waals surface area contributed by atoms with Gasteiger partial charge >= 0.3 is 0 Å². The molecule has 0 unspecified atom stereocenters. The van der Waals surface area contributed by atoms with Crippen LogP contribution in [-0.4, -0.2) is 6.61 Å². The molecule has 0 heterocycles. The van der Waals surface area contributed by atoms with E-state index in [1.165, 1.54) is 21.9 Å². The van der Waals surface area contributed by atoms with Crippen molar-refractivity contribution in [2.75, 3.05) is 6.61 Å². The third kappa shape index (κ3) is 3.56. The molecule has 0 aromatic heterocycles. The highest BCUT2D eigenvalue weighted by Gasteiger charge is 2.14. The first-order valence-electron chi connectivity index (χ1n) is 8.62. The first-order valence-corrected chi connectivity index (χ1v) is 8.62. The van der Waals surface area contributed by atoms with Gasteiger partial charge in [0.2, 0.25) is 0 Å². The van der Waals surface area contributed by atoms with Gasteiger partial charge in [-0.1, -0.05) is 91.0 Å². The molecular weight excluding hydrogens is 304 g/mol. The zero-order chi connectivity index (χ0) is 16.9. The van der Waals surface area contributed by atoms with E-state index in [-0.39, 0.29) is 5.92 Å². The highest BCUT2D eigenvalue weighted by atomic mass is 16.5. The molecule has 0 fully saturated rings. The Balaban J connectivity index is 1.60. The van der Waals surface area contributed by atoms with E-state index in [0.29, 0.717) is 6.61 Å². The van der Waals surface area contributed by atoms with Crippen molar-refractivity contribution in [3.05, 3.63) is 114 Å². The topological polar surface area (TPSA) is 9.23 Å². The summed E-state index contributed by atoms with van der Waals surface area (Å²) in [6.07, 6.45) is 0. The van der Waals surface area contributed by atoms with Crippen molar-refractivity contribution in [2.24, 2.45) is 0 Å². The Labute approximate surface area is 148 Å². The average molecular weight is 324 g/mol. The van der Waals surface area contributed by atoms with E-state index in [1.807, 2.05) is 0 Å². The van der Waals surface area contributed by atoms with Gasteiger partial charge in [-0.3, -0.25) is 0 Å². The van der Waals surface area contributed by atoms with Crippen molar-refractivity contribution in [2.45, 2.75) is 5.92 Å². The standard InChI is InChI=1S/C24H20O/c1-3-10-20(11-4-1)24(21-12-5-2-6-13-21)18-25-23-16-15-19-9-7-8-14-22(19)17-23/h1-17,24H,18H2. The Morgan fingerprint density at radius 3 is 1.76 bits per heavy atom. The molecule has 0 bridgehead atoms. The van der Waals surface area contributed by atoms with Gasteiger partial charge in [0.25, 0.3) is 0 Å². The molecule has 0 N–H and O–H groups in total. The minimum absolute atomic E-state index is 0.217. The first-order chi connectivity index (χ1) is 12.4. The van der Waals surface area contributed by atoms with Gasteiger partial charge in [0.05, 0.1) is 6.61 Å². The van der Waals surface area contributed by atoms with Gasteiger partial charge < -0.3 is 4.74 Å². The van der Waals surface area contributed by atoms with E-state index in [9.17, 15) is 0 Å². The molecule has 0 atom stereocenters. The van der Waals surface area contributed by atoms with Gasteiger partial charge in [-0.25, -0.2) is 0 Å². The van der Waals surface area contributed by atoms with Crippen LogP contribution in [0.2, 0.25) is 0 Å². The van der Waals surface area contributed by atoms with Crippen molar-refractivity contribution in [1.82, 2.24) is 0 Å². The Hall–Kier alpha value is -3.06. The lowest BCUT2D eigenvalue weighted by atomic mass is 9.92. The number of ether oxygens (including phenoxy) is 1. The molecule has 1 heteroatoms. The van der Waals surface area contributed by atoms with Crippen molar-refractivity contribution in [1.29, 1.82) is 0 Å². The molecule has 0 saturated carbocycles. The van der Waals surface area contributed by atoms with Gasteiger partial charge in [-0.05, 0) is 34.0 Å². The third-order valence-electron chi connectivity index (χ3n) is 4.54. The summed E-state index contributed by atoms with van der Waals surface area (Å²) in [7, 11) is 0. The molecular formula is C24H20O. The van der Waals surface area contributed by atoms with Crippen LogP contribution >= 0.6 is 0 Å². The van der Waals surface area contributed by atoms with E-state index >= 15 is 0 Å². The summed E-state index contributed by atoms with van der Waals surface area (Å²) in [5.74, 6) is 1.13. The summed E-state index contributed by atoms with van der Waals surface area (Å²) in [6.45, 7) is 0.617. The summed E-state index contributed by atoms with van der Waals surface area (Å²) in [5.41, 5.74) is 2.55. The molecule has 1 nitrogen and oxygen atoms in total. The number of rotatable bonds is 5. The number of fused-ring (bicyclic) bond motifs is 1. The van der Waals surface area contributed by atoms with Crippen LogP contribution in [0.15, 0.2) is 103 Å². The summed E-state index contributed by atoms with van der Waals surface area (Å²) >= 11 is 0. The lowest BCUT2D eigenvalue weighted by molar-refractivity contribution is 0.303. The molecule has 0 aliphatic heterocycles. The van der Waals surface area contributed by atoms with E-state index in [2.05, 4.69) is 103 Å². The maximum atomic E-state index is 6.19. The van der Waals surface area contributed by atoms with E-state index < -0.39 is 0 Å². The van der Waals surface area contributed by atoms with Crippen LogP contribution in [0.5, 0.6) is 5.75 Å². The average Bonchev–Trinajstić information content (AvgIpc) is 2.70. The molecule has 0 radical (unpaired) electrons. The summed E-state index contributed by atoms with van der Waals surface area (Å²) < 4.78 is 6.19. The monoisotopic (exact) mass is 324 g/mol. The quantitative estimate of drug-likeness (QED) is 0.434. The van der Waals surface area contributed by atoms with E-state index in [1.54, 1.807) is 0 Å². The maximum absolute atomic E-state index is 6.19. The molecule has 0 spiro atoms. The Morgan fingerprint density at radius 2 is 1.12 bits per heavy atom. The second kappa shape index (κ2) is 7.23. The number of hydrogen-bond acceptors (Lipinski definition) is 1. The van der Waals surface area contributed by atoms with Gasteiger partial charge in [-0.15, -0.1) is 0 Å². The van der Waals surface area contributed by atoms with E-state index in [4.69, 9.17) is 4.74 Å². The van der Waals surface area contributed by atoms with Crippen LogP contribution in [-0.2, 0) is 0 Å². The van der Waals surface area contributed by atoms with Crippen molar-refractivity contribution < 1.29 is 4.74 Å². The van der Waals surface area contributed by atoms with Gasteiger partial charge in [0.15, 0.2) is 0 Å². The third-order valence-corrected chi connectivity index (χ3v) is 4.54. The van der Waals surface area contributed by atoms with Crippen LogP contribution in [0.3, 0.4) is 0 Å². The fourth-order valence-corrected chi connectivity index (χ4v) is 3.19. The fourth-order valence-electron chi connectivity index (χ4n) is 3.19. The van der Waals surface area contributed by atoms with Gasteiger partial charge in [0, 0.05) is 5.92 Å². The minimum Gasteiger partial charge on any atom is -0.493 e. The van der Waals surface area contributed by atoms with Crippen LogP contribution in [0, 0.1) is 0 Å². The second-order valence-electron chi connectivity index (χ2n) is 6.19. The highest BCUT2D eigenvalue weighted by Crippen LogP contribution is 2.27. The Bertz CT molecular complexity index is 906. The van der Waals surface area contributed by atoms with Crippen molar-refractivity contribution >= 4 is 10.8 Å². The normalized spacial score (nSPS) is 10.9. The summed E-state index contributed by atoms with van der Waals surface area (Å²) in [6, 6.07) is 35.8. The molecule has 0 aliphatic rings. The molecule has 25 heavy (non-hydrogen) atoms. The van der Waals surface area contributed by atoms with Crippen molar-refractivity contribution in [3.8, 4) is 5.75 Å². The van der Waals surface area contributed by atoms with Crippen LogP contribution in [0.4, 0.5) is 0 Å². The number of hydrogen-bond donors (Lipinski definition) is 0. The second-order valence-corrected chi connectivity index (χ2v) is 6.19. The molecule has 0 amide bonds. The molecule has 4 aromatic rings. The van der Waals surface area contributed by atoms with Crippen molar-refractivity contribution in [3.63, 3.8) is 0 Å². The SMILES string of the molecule is c1ccc(C(COc2ccc3ccccc3c2)c2ccccc2)cc1. The molecule has 4 aromatic carbocycles. The Morgan fingerprint density at radius 1 is 0.560 bits per heavy atom. The van der Waals surface area contributed by atoms with Gasteiger partial charge in [-0.2, -0.15) is 0 Å². The van der Waals surface area contributed by atoms with Gasteiger partial charge in [0.1, 0.15) is 5.75 Å². The molecule has 0 saturated heterocycles. The fraction of sp³-hybridized carbons (Fsp3) is 0.0833. The smallest absolute Gasteiger partial charge is 0.119 e. The molecule has 4 rings (SSSR count). The lowest BCUT2D eigenvalue weighted by Crippen LogP contribution is -2.12. The molecule has 0 aliphatic carbocycles. The number of benzene rings is 4. The predicted molar refractivity (Wildman–Crippen MR) is 104 cm³/mol. The minimum atomic E-state index is 0.217. The molecule has 122 valence electrons. The Kier molecular flexibility index (Phi) is 4.47. The van der Waals surface area contributed by atoms with Crippen LogP contribution < -0.4 is 4.74 Å². The summed E-state index contributed by atoms with van der Waals surface area (Å²) in [5, 5.41) is 2.44. The lowest BCUT2D eigenvalue weighted by Gasteiger charge is -2.19. The summed E-state index contributed by atoms with van der Waals surface area (Å²) in [4.78, 5) is 0. The highest BCUT2D eigenvalue weighted by molar-refractivity contribution is 5.83. The largest absolute Gasteiger partial charge is 0.493 e. The maximum Gasteiger partial charge on any atom is 0.119 e. The van der Waals surface area contributed by atoms with Crippen LogP contribution in [0.1, 0.15) is 17.0 Å². The zero-order valence-electron chi connectivity index (χ0n) is 14.0.